The normalized spacial score (nSPS) is 20.3. The van der Waals surface area contributed by atoms with Crippen molar-refractivity contribution >= 4 is 11.7 Å². The largest absolute Gasteiger partial charge is 0.427 e. The number of anilines is 1. The maximum Gasteiger partial charge on any atom is 0.427 e. The van der Waals surface area contributed by atoms with E-state index in [9.17, 15) is 27.2 Å². The van der Waals surface area contributed by atoms with Gasteiger partial charge in [-0.3, -0.25) is 4.79 Å². The molecule has 0 bridgehead atoms. The van der Waals surface area contributed by atoms with Gasteiger partial charge in [0.15, 0.2) is 0 Å². The van der Waals surface area contributed by atoms with E-state index in [4.69, 9.17) is 0 Å². The van der Waals surface area contributed by atoms with Gasteiger partial charge in [0, 0.05) is 34.8 Å². The number of aryl methyl sites for hydroxylation is 2. The fourth-order valence-corrected chi connectivity index (χ4v) is 3.54. The van der Waals surface area contributed by atoms with Crippen LogP contribution < -0.4 is 16.2 Å². The molecule has 2 aromatic rings. The van der Waals surface area contributed by atoms with Crippen LogP contribution in [0, 0.1) is 37.4 Å². The Bertz CT molecular complexity index is 1200. The molecule has 4 rings (SSSR count). The molecule has 0 radical (unpaired) electrons. The highest BCUT2D eigenvalue weighted by Crippen LogP contribution is 2.45. The molecule has 6 nitrogen and oxygen atoms in total. The Morgan fingerprint density at radius 2 is 1.94 bits per heavy atom. The first kappa shape index (κ1) is 20.9. The highest BCUT2D eigenvalue weighted by atomic mass is 19.4. The van der Waals surface area contributed by atoms with Crippen LogP contribution in [-0.2, 0) is 12.0 Å². The quantitative estimate of drug-likeness (QED) is 0.500. The Morgan fingerprint density at radius 1 is 1.23 bits per heavy atom. The highest BCUT2D eigenvalue weighted by Gasteiger charge is 2.59. The standard InChI is InChI=1S/C21H18F4N4O2/c1-10-14(18(30)27-11(2)26-10)7-13-8-17-15(9-16(13)22)20(21(23,24)25,29-19(31)28-17)6-5-12-3-4-12/h8-9,12H,3-4,7H2,1-2H3,(H,26,27,30)(H2,28,29,31)/t20-/m0/s1. The van der Waals surface area contributed by atoms with Gasteiger partial charge in [-0.2, -0.15) is 13.2 Å². The molecule has 1 aromatic carbocycles. The van der Waals surface area contributed by atoms with Gasteiger partial charge in [-0.1, -0.05) is 11.8 Å². The number of H-pyrrole nitrogens is 1. The number of benzene rings is 1. The SMILES string of the molecule is Cc1nc(C)c(Cc2cc3c(cc2F)[C@@](C#CC2CC2)(C(F)(F)F)NC(=O)N3)c(=O)[nH]1. The molecule has 0 saturated heterocycles. The molecule has 1 saturated carbocycles. The molecular weight excluding hydrogens is 416 g/mol. The molecular formula is C21H18F4N4O2. The van der Waals surface area contributed by atoms with Gasteiger partial charge in [0.1, 0.15) is 11.6 Å². The Labute approximate surface area is 174 Å². The molecule has 1 atom stereocenters. The van der Waals surface area contributed by atoms with E-state index in [0.717, 1.165) is 12.1 Å². The van der Waals surface area contributed by atoms with Gasteiger partial charge in [0.2, 0.25) is 5.54 Å². The van der Waals surface area contributed by atoms with Crippen molar-refractivity contribution in [1.29, 1.82) is 0 Å². The number of aromatic nitrogens is 2. The Balaban J connectivity index is 1.84. The number of halogens is 4. The molecule has 1 aliphatic carbocycles. The number of alkyl halides is 3. The predicted molar refractivity (Wildman–Crippen MR) is 104 cm³/mol. The third-order valence-electron chi connectivity index (χ3n) is 5.31. The van der Waals surface area contributed by atoms with Crippen LogP contribution in [-0.4, -0.2) is 22.2 Å². The second kappa shape index (κ2) is 7.11. The van der Waals surface area contributed by atoms with E-state index in [-0.39, 0.29) is 29.2 Å². The van der Waals surface area contributed by atoms with Crippen molar-refractivity contribution in [2.24, 2.45) is 5.92 Å². The second-order valence-corrected chi connectivity index (χ2v) is 7.75. The van der Waals surface area contributed by atoms with Crippen LogP contribution in [0.4, 0.5) is 28.0 Å². The summed E-state index contributed by atoms with van der Waals surface area (Å²) >= 11 is 0. The van der Waals surface area contributed by atoms with Gasteiger partial charge >= 0.3 is 12.2 Å². The van der Waals surface area contributed by atoms with Crippen molar-refractivity contribution in [3.05, 3.63) is 56.5 Å². The zero-order valence-corrected chi connectivity index (χ0v) is 16.6. The van der Waals surface area contributed by atoms with E-state index in [0.29, 0.717) is 24.4 Å². The van der Waals surface area contributed by atoms with Crippen molar-refractivity contribution in [3.8, 4) is 11.8 Å². The smallest absolute Gasteiger partial charge is 0.311 e. The number of nitrogens with one attached hydrogen (secondary N) is 3. The number of aromatic amines is 1. The maximum absolute atomic E-state index is 15.0. The third-order valence-corrected chi connectivity index (χ3v) is 5.31. The van der Waals surface area contributed by atoms with Crippen molar-refractivity contribution in [1.82, 2.24) is 15.3 Å². The molecule has 0 unspecified atom stereocenters. The van der Waals surface area contributed by atoms with E-state index in [1.165, 1.54) is 0 Å². The lowest BCUT2D eigenvalue weighted by atomic mass is 9.85. The summed E-state index contributed by atoms with van der Waals surface area (Å²) in [6.45, 7) is 3.18. The Kier molecular flexibility index (Phi) is 4.80. The number of urea groups is 1. The van der Waals surface area contributed by atoms with Crippen molar-refractivity contribution < 1.29 is 22.4 Å². The van der Waals surface area contributed by atoms with Crippen LogP contribution in [0.15, 0.2) is 16.9 Å². The van der Waals surface area contributed by atoms with Gasteiger partial charge in [0.25, 0.3) is 5.56 Å². The van der Waals surface area contributed by atoms with Crippen LogP contribution >= 0.6 is 0 Å². The summed E-state index contributed by atoms with van der Waals surface area (Å²) in [6.07, 6.45) is -3.81. The third kappa shape index (κ3) is 3.76. The minimum atomic E-state index is -4.98. The van der Waals surface area contributed by atoms with Crippen molar-refractivity contribution in [2.45, 2.75) is 44.8 Å². The van der Waals surface area contributed by atoms with Crippen LogP contribution in [0.5, 0.6) is 0 Å². The molecule has 3 N–H and O–H groups in total. The maximum atomic E-state index is 15.0. The molecule has 1 fully saturated rings. The number of rotatable bonds is 2. The molecule has 10 heteroatoms. The number of fused-ring (bicyclic) bond motifs is 1. The van der Waals surface area contributed by atoms with Gasteiger partial charge in [-0.25, -0.2) is 14.2 Å². The molecule has 2 aliphatic rings. The van der Waals surface area contributed by atoms with Crippen LogP contribution in [0.25, 0.3) is 0 Å². The summed E-state index contributed by atoms with van der Waals surface area (Å²) in [5.74, 6) is 3.98. The summed E-state index contributed by atoms with van der Waals surface area (Å²) in [5, 5.41) is 4.15. The predicted octanol–water partition coefficient (Wildman–Crippen LogP) is 3.42. The van der Waals surface area contributed by atoms with Crippen LogP contribution in [0.2, 0.25) is 0 Å². The fourth-order valence-electron chi connectivity index (χ4n) is 3.54. The van der Waals surface area contributed by atoms with Crippen molar-refractivity contribution in [3.63, 3.8) is 0 Å². The molecule has 31 heavy (non-hydrogen) atoms. The van der Waals surface area contributed by atoms with Crippen molar-refractivity contribution in [2.75, 3.05) is 5.32 Å². The van der Waals surface area contributed by atoms with Crippen LogP contribution in [0.1, 0.15) is 41.1 Å². The second-order valence-electron chi connectivity index (χ2n) is 7.75. The minimum Gasteiger partial charge on any atom is -0.311 e. The number of hydrogen-bond acceptors (Lipinski definition) is 3. The molecule has 2 heterocycles. The van der Waals surface area contributed by atoms with E-state index in [1.54, 1.807) is 13.8 Å². The van der Waals surface area contributed by atoms with Crippen LogP contribution in [0.3, 0.4) is 0 Å². The van der Waals surface area contributed by atoms with E-state index >= 15 is 0 Å². The lowest BCUT2D eigenvalue weighted by molar-refractivity contribution is -0.178. The molecule has 1 aromatic heterocycles. The number of hydrogen-bond donors (Lipinski definition) is 3. The van der Waals surface area contributed by atoms with E-state index < -0.39 is 34.7 Å². The first-order valence-corrected chi connectivity index (χ1v) is 9.58. The zero-order valence-electron chi connectivity index (χ0n) is 16.6. The summed E-state index contributed by atoms with van der Waals surface area (Å²) in [5.41, 5.74) is -3.72. The lowest BCUT2D eigenvalue weighted by Crippen LogP contribution is -2.59. The monoisotopic (exact) mass is 434 g/mol. The summed E-state index contributed by atoms with van der Waals surface area (Å²) in [6, 6.07) is 0.733. The van der Waals surface area contributed by atoms with E-state index in [1.807, 2.05) is 5.32 Å². The number of carbonyl (C=O) groups excluding carboxylic acids is 1. The number of carbonyl (C=O) groups is 1. The summed E-state index contributed by atoms with van der Waals surface area (Å²) in [4.78, 5) is 31.0. The molecule has 0 spiro atoms. The average Bonchev–Trinajstić information content (AvgIpc) is 3.47. The topological polar surface area (TPSA) is 86.9 Å². The lowest BCUT2D eigenvalue weighted by Gasteiger charge is -2.37. The fraction of sp³-hybridized carbons (Fsp3) is 0.381. The molecule has 162 valence electrons. The Hall–Kier alpha value is -3.35. The van der Waals surface area contributed by atoms with Gasteiger partial charge in [-0.15, -0.1) is 0 Å². The molecule has 1 aliphatic heterocycles. The van der Waals surface area contributed by atoms with Gasteiger partial charge in [-0.05, 0) is 44.4 Å². The summed E-state index contributed by atoms with van der Waals surface area (Å²) in [7, 11) is 0. The first-order valence-electron chi connectivity index (χ1n) is 9.58. The minimum absolute atomic E-state index is 0.0496. The summed E-state index contributed by atoms with van der Waals surface area (Å²) < 4.78 is 57.3. The Morgan fingerprint density at radius 3 is 2.55 bits per heavy atom. The average molecular weight is 434 g/mol. The van der Waals surface area contributed by atoms with E-state index in [2.05, 4.69) is 27.1 Å². The first-order chi connectivity index (χ1) is 14.5. The molecule has 2 amide bonds. The number of amides is 2. The van der Waals surface area contributed by atoms with Gasteiger partial charge in [0.05, 0.1) is 0 Å². The van der Waals surface area contributed by atoms with Gasteiger partial charge < -0.3 is 15.6 Å². The highest BCUT2D eigenvalue weighted by molar-refractivity contribution is 5.95. The zero-order chi connectivity index (χ0) is 22.6. The number of nitrogens with zero attached hydrogens (tertiary/aromatic N) is 1.